The van der Waals surface area contributed by atoms with E-state index in [4.69, 9.17) is 15.9 Å². The zero-order valence-electron chi connectivity index (χ0n) is 9.56. The van der Waals surface area contributed by atoms with Crippen LogP contribution in [0.2, 0.25) is 0 Å². The average molecular weight is 220 g/mol. The van der Waals surface area contributed by atoms with Gasteiger partial charge in [0.1, 0.15) is 6.10 Å². The van der Waals surface area contributed by atoms with Crippen molar-refractivity contribution >= 4 is 0 Å². The van der Waals surface area contributed by atoms with E-state index in [1.54, 1.807) is 14.2 Å². The zero-order valence-corrected chi connectivity index (χ0v) is 9.56. The van der Waals surface area contributed by atoms with Crippen molar-refractivity contribution in [3.63, 3.8) is 0 Å². The highest BCUT2D eigenvalue weighted by atomic mass is 16.5. The maximum atomic E-state index is 9.25. The van der Waals surface area contributed by atoms with E-state index < -0.39 is 6.10 Å². The van der Waals surface area contributed by atoms with Crippen LogP contribution in [0.15, 0.2) is 18.2 Å². The molecule has 1 atom stereocenters. The Labute approximate surface area is 96.0 Å². The zero-order chi connectivity index (χ0) is 12.0. The molecule has 86 valence electrons. The van der Waals surface area contributed by atoms with Gasteiger partial charge in [0.2, 0.25) is 0 Å². The lowest BCUT2D eigenvalue weighted by molar-refractivity contribution is 0.222. The lowest BCUT2D eigenvalue weighted by atomic mass is 10.1. The summed E-state index contributed by atoms with van der Waals surface area (Å²) in [6, 6.07) is 5.67. The third-order valence-corrected chi connectivity index (χ3v) is 2.35. The van der Waals surface area contributed by atoms with Crippen molar-refractivity contribution in [3.8, 4) is 23.8 Å². The lowest BCUT2D eigenvalue weighted by Crippen LogP contribution is -2.04. The van der Waals surface area contributed by atoms with Crippen LogP contribution in [0.3, 0.4) is 0 Å². The van der Waals surface area contributed by atoms with Crippen molar-refractivity contribution in [1.82, 2.24) is 0 Å². The molecular formula is C13H16O3. The summed E-state index contributed by atoms with van der Waals surface area (Å²) in [5.74, 6) is 3.67. The van der Waals surface area contributed by atoms with Gasteiger partial charge in [0.25, 0.3) is 0 Å². The molecule has 0 aliphatic heterocycles. The van der Waals surface area contributed by atoms with Crippen molar-refractivity contribution < 1.29 is 14.6 Å². The highest BCUT2D eigenvalue weighted by Crippen LogP contribution is 2.27. The Balaban J connectivity index is 2.72. The van der Waals surface area contributed by atoms with Gasteiger partial charge in [-0.25, -0.2) is 0 Å². The topological polar surface area (TPSA) is 38.7 Å². The van der Waals surface area contributed by atoms with Crippen molar-refractivity contribution in [2.45, 2.75) is 18.9 Å². The summed E-state index contributed by atoms with van der Waals surface area (Å²) in [4.78, 5) is 0. The molecule has 0 amide bonds. The molecule has 0 bridgehead atoms. The number of rotatable bonds is 5. The first-order chi connectivity index (χ1) is 7.71. The normalized spacial score (nSPS) is 11.6. The number of ether oxygens (including phenoxy) is 2. The monoisotopic (exact) mass is 220 g/mol. The minimum absolute atomic E-state index is 0.548. The highest BCUT2D eigenvalue weighted by molar-refractivity contribution is 5.42. The average Bonchev–Trinajstić information content (AvgIpc) is 2.35. The maximum Gasteiger partial charge on any atom is 0.160 e. The Morgan fingerprint density at radius 1 is 1.31 bits per heavy atom. The molecule has 1 unspecified atom stereocenters. The van der Waals surface area contributed by atoms with E-state index >= 15 is 0 Å². The quantitative estimate of drug-likeness (QED) is 0.766. The third kappa shape index (κ3) is 3.18. The molecule has 1 N–H and O–H groups in total. The number of aliphatic hydroxyl groups excluding tert-OH is 1. The molecule has 16 heavy (non-hydrogen) atoms. The van der Waals surface area contributed by atoms with E-state index in [0.29, 0.717) is 24.3 Å². The molecule has 0 aromatic heterocycles. The van der Waals surface area contributed by atoms with E-state index in [2.05, 4.69) is 5.92 Å². The van der Waals surface area contributed by atoms with Crippen LogP contribution in [0.5, 0.6) is 11.5 Å². The minimum atomic E-state index is -0.687. The first kappa shape index (κ1) is 12.4. The Hall–Kier alpha value is -1.66. The van der Waals surface area contributed by atoms with Gasteiger partial charge in [0.05, 0.1) is 14.2 Å². The van der Waals surface area contributed by atoms with Gasteiger partial charge in [-0.2, -0.15) is 0 Å². The maximum absolute atomic E-state index is 9.25. The molecule has 0 saturated carbocycles. The van der Waals surface area contributed by atoms with Gasteiger partial charge in [-0.3, -0.25) is 0 Å². The summed E-state index contributed by atoms with van der Waals surface area (Å²) in [5, 5.41) is 9.25. The fourth-order valence-corrected chi connectivity index (χ4v) is 1.42. The van der Waals surface area contributed by atoms with Crippen LogP contribution in [0, 0.1) is 12.3 Å². The first-order valence-electron chi connectivity index (χ1n) is 5.06. The fraction of sp³-hybridized carbons (Fsp3) is 0.385. The van der Waals surface area contributed by atoms with Crippen LogP contribution in [-0.2, 0) is 6.42 Å². The van der Waals surface area contributed by atoms with Crippen LogP contribution >= 0.6 is 0 Å². The second-order valence-corrected chi connectivity index (χ2v) is 3.41. The molecule has 0 saturated heterocycles. The van der Waals surface area contributed by atoms with Crippen LogP contribution < -0.4 is 9.47 Å². The summed E-state index contributed by atoms with van der Waals surface area (Å²) < 4.78 is 10.3. The molecule has 0 heterocycles. The number of aliphatic hydroxyl groups is 1. The van der Waals surface area contributed by atoms with Gasteiger partial charge in [0, 0.05) is 0 Å². The van der Waals surface area contributed by atoms with Crippen LogP contribution in [0.25, 0.3) is 0 Å². The SMILES string of the molecule is C#CC(O)CCc1ccc(OC)c(OC)c1. The molecule has 3 heteroatoms. The summed E-state index contributed by atoms with van der Waals surface area (Å²) >= 11 is 0. The largest absolute Gasteiger partial charge is 0.493 e. The predicted molar refractivity (Wildman–Crippen MR) is 62.7 cm³/mol. The first-order valence-corrected chi connectivity index (χ1v) is 5.06. The number of terminal acetylenes is 1. The van der Waals surface area contributed by atoms with Crippen molar-refractivity contribution in [3.05, 3.63) is 23.8 Å². The van der Waals surface area contributed by atoms with Crippen molar-refractivity contribution in [2.24, 2.45) is 0 Å². The van der Waals surface area contributed by atoms with Crippen molar-refractivity contribution in [2.75, 3.05) is 14.2 Å². The molecule has 0 spiro atoms. The summed E-state index contributed by atoms with van der Waals surface area (Å²) in [7, 11) is 3.19. The molecule has 1 rings (SSSR count). The minimum Gasteiger partial charge on any atom is -0.493 e. The smallest absolute Gasteiger partial charge is 0.160 e. The summed E-state index contributed by atoms with van der Waals surface area (Å²) in [6.07, 6.45) is 5.67. The van der Waals surface area contributed by atoms with E-state index in [0.717, 1.165) is 5.56 Å². The van der Waals surface area contributed by atoms with Gasteiger partial charge in [-0.05, 0) is 30.5 Å². The second-order valence-electron chi connectivity index (χ2n) is 3.41. The summed E-state index contributed by atoms with van der Waals surface area (Å²) in [5.41, 5.74) is 1.06. The lowest BCUT2D eigenvalue weighted by Gasteiger charge is -2.09. The van der Waals surface area contributed by atoms with Gasteiger partial charge < -0.3 is 14.6 Å². The number of methoxy groups -OCH3 is 2. The number of hydrogen-bond acceptors (Lipinski definition) is 3. The van der Waals surface area contributed by atoms with E-state index in [-0.39, 0.29) is 0 Å². The molecule has 3 nitrogen and oxygen atoms in total. The number of benzene rings is 1. The molecular weight excluding hydrogens is 204 g/mol. The van der Waals surface area contributed by atoms with Gasteiger partial charge >= 0.3 is 0 Å². The molecule has 1 aromatic carbocycles. The Morgan fingerprint density at radius 2 is 2.00 bits per heavy atom. The van der Waals surface area contributed by atoms with E-state index in [1.807, 2.05) is 18.2 Å². The number of hydrogen-bond donors (Lipinski definition) is 1. The number of aryl methyl sites for hydroxylation is 1. The van der Waals surface area contributed by atoms with E-state index in [9.17, 15) is 5.11 Å². The van der Waals surface area contributed by atoms with Crippen molar-refractivity contribution in [1.29, 1.82) is 0 Å². The second kappa shape index (κ2) is 6.04. The fourth-order valence-electron chi connectivity index (χ4n) is 1.42. The third-order valence-electron chi connectivity index (χ3n) is 2.35. The Bertz CT molecular complexity index is 379. The highest BCUT2D eigenvalue weighted by Gasteiger charge is 2.06. The summed E-state index contributed by atoms with van der Waals surface area (Å²) in [6.45, 7) is 0. The Kier molecular flexibility index (Phi) is 4.68. The van der Waals surface area contributed by atoms with Gasteiger partial charge in [-0.1, -0.05) is 12.0 Å². The molecule has 0 fully saturated rings. The molecule has 1 aromatic rings. The van der Waals surface area contributed by atoms with Crippen LogP contribution in [-0.4, -0.2) is 25.4 Å². The van der Waals surface area contributed by atoms with Gasteiger partial charge in [0.15, 0.2) is 11.5 Å². The Morgan fingerprint density at radius 3 is 2.56 bits per heavy atom. The standard InChI is InChI=1S/C13H16O3/c1-4-11(14)7-5-10-6-8-12(15-2)13(9-10)16-3/h1,6,8-9,11,14H,5,7H2,2-3H3. The molecule has 0 aliphatic rings. The predicted octanol–water partition coefficient (Wildman–Crippen LogP) is 1.63. The van der Waals surface area contributed by atoms with Gasteiger partial charge in [-0.15, -0.1) is 6.42 Å². The molecule has 0 radical (unpaired) electrons. The van der Waals surface area contributed by atoms with Crippen LogP contribution in [0.4, 0.5) is 0 Å². The molecule has 0 aliphatic carbocycles. The van der Waals surface area contributed by atoms with E-state index in [1.165, 1.54) is 0 Å². The van der Waals surface area contributed by atoms with Crippen LogP contribution in [0.1, 0.15) is 12.0 Å².